The van der Waals surface area contributed by atoms with E-state index >= 15 is 0 Å². The van der Waals surface area contributed by atoms with Crippen molar-refractivity contribution < 1.29 is 13.2 Å². The third-order valence-electron chi connectivity index (χ3n) is 2.92. The second-order valence-corrected chi connectivity index (χ2v) is 5.18. The van der Waals surface area contributed by atoms with E-state index in [1.54, 1.807) is 10.3 Å². The minimum Gasteiger partial charge on any atom is -0.375 e. The van der Waals surface area contributed by atoms with Crippen LogP contribution < -0.4 is 5.73 Å². The van der Waals surface area contributed by atoms with Crippen molar-refractivity contribution in [2.24, 2.45) is 5.92 Å². The third kappa shape index (κ3) is 3.32. The Morgan fingerprint density at radius 1 is 1.53 bits per heavy atom. The first-order valence-corrected chi connectivity index (χ1v) is 6.32. The average molecular weight is 265 g/mol. The molecule has 0 bridgehead atoms. The fourth-order valence-electron chi connectivity index (χ4n) is 2.09. The molecule has 1 aliphatic heterocycles. The molecule has 1 aromatic heterocycles. The zero-order valence-electron chi connectivity index (χ0n) is 9.20. The topological polar surface area (TPSA) is 42.1 Å². The predicted octanol–water partition coefficient (Wildman–Crippen LogP) is 2.50. The van der Waals surface area contributed by atoms with E-state index in [9.17, 15) is 13.2 Å². The Kier molecular flexibility index (Phi) is 3.58. The number of nitrogen functional groups attached to an aromatic ring is 1. The van der Waals surface area contributed by atoms with Crippen molar-refractivity contribution >= 4 is 16.5 Å². The number of thiazole rings is 1. The maximum atomic E-state index is 12.6. The minimum atomic E-state index is -4.08. The highest BCUT2D eigenvalue weighted by Crippen LogP contribution is 2.33. The first-order chi connectivity index (χ1) is 7.95. The first-order valence-electron chi connectivity index (χ1n) is 5.44. The molecule has 17 heavy (non-hydrogen) atoms. The number of hydrogen-bond acceptors (Lipinski definition) is 4. The van der Waals surface area contributed by atoms with Gasteiger partial charge in [0.25, 0.3) is 0 Å². The SMILES string of the molecule is Nc1nc(CN2CCCC(C(F)(F)F)C2)cs1. The molecule has 1 aromatic rings. The Morgan fingerprint density at radius 3 is 2.88 bits per heavy atom. The Labute approximate surface area is 101 Å². The molecule has 1 saturated heterocycles. The van der Waals surface area contributed by atoms with E-state index in [4.69, 9.17) is 5.73 Å². The molecule has 0 saturated carbocycles. The number of hydrogen-bond donors (Lipinski definition) is 1. The lowest BCUT2D eigenvalue weighted by Crippen LogP contribution is -2.41. The molecule has 3 nitrogen and oxygen atoms in total. The van der Waals surface area contributed by atoms with Crippen LogP contribution in [0.15, 0.2) is 5.38 Å². The van der Waals surface area contributed by atoms with Gasteiger partial charge in [-0.3, -0.25) is 4.90 Å². The van der Waals surface area contributed by atoms with Gasteiger partial charge < -0.3 is 5.73 Å². The number of anilines is 1. The molecule has 96 valence electrons. The summed E-state index contributed by atoms with van der Waals surface area (Å²) >= 11 is 1.32. The Balaban J connectivity index is 1.94. The Hall–Kier alpha value is -0.820. The molecular weight excluding hydrogens is 251 g/mol. The van der Waals surface area contributed by atoms with Gasteiger partial charge in [0.2, 0.25) is 0 Å². The summed E-state index contributed by atoms with van der Waals surface area (Å²) in [5.74, 6) is -1.20. The van der Waals surface area contributed by atoms with Crippen LogP contribution >= 0.6 is 11.3 Å². The lowest BCUT2D eigenvalue weighted by Gasteiger charge is -2.33. The average Bonchev–Trinajstić information content (AvgIpc) is 2.63. The van der Waals surface area contributed by atoms with Gasteiger partial charge in [-0.1, -0.05) is 0 Å². The second-order valence-electron chi connectivity index (χ2n) is 4.29. The maximum absolute atomic E-state index is 12.6. The fraction of sp³-hybridized carbons (Fsp3) is 0.700. The normalized spacial score (nSPS) is 22.9. The smallest absolute Gasteiger partial charge is 0.375 e. The predicted molar refractivity (Wildman–Crippen MR) is 60.6 cm³/mol. The van der Waals surface area contributed by atoms with E-state index in [1.807, 2.05) is 0 Å². The first kappa shape index (κ1) is 12.6. The van der Waals surface area contributed by atoms with Crippen LogP contribution in [0.3, 0.4) is 0 Å². The van der Waals surface area contributed by atoms with Crippen molar-refractivity contribution in [1.29, 1.82) is 0 Å². The number of halogens is 3. The van der Waals surface area contributed by atoms with Crippen LogP contribution in [0.25, 0.3) is 0 Å². The van der Waals surface area contributed by atoms with E-state index in [2.05, 4.69) is 4.98 Å². The zero-order valence-corrected chi connectivity index (χ0v) is 10.0. The monoisotopic (exact) mass is 265 g/mol. The van der Waals surface area contributed by atoms with Crippen molar-refractivity contribution in [2.75, 3.05) is 18.8 Å². The molecule has 0 radical (unpaired) electrons. The number of nitrogens with zero attached hydrogens (tertiary/aromatic N) is 2. The van der Waals surface area contributed by atoms with Crippen LogP contribution in [-0.2, 0) is 6.54 Å². The molecule has 7 heteroatoms. The van der Waals surface area contributed by atoms with Gasteiger partial charge in [-0.25, -0.2) is 4.98 Å². The van der Waals surface area contributed by atoms with Gasteiger partial charge in [-0.15, -0.1) is 11.3 Å². The van der Waals surface area contributed by atoms with Crippen molar-refractivity contribution in [1.82, 2.24) is 9.88 Å². The van der Waals surface area contributed by atoms with Crippen molar-refractivity contribution in [3.63, 3.8) is 0 Å². The number of likely N-dealkylation sites (tertiary alicyclic amines) is 1. The quantitative estimate of drug-likeness (QED) is 0.893. The summed E-state index contributed by atoms with van der Waals surface area (Å²) in [4.78, 5) is 5.87. The number of piperidine rings is 1. The van der Waals surface area contributed by atoms with Crippen molar-refractivity contribution in [2.45, 2.75) is 25.6 Å². The lowest BCUT2D eigenvalue weighted by atomic mass is 9.97. The molecule has 1 fully saturated rings. The molecule has 0 aliphatic carbocycles. The van der Waals surface area contributed by atoms with Gasteiger partial charge in [0, 0.05) is 18.5 Å². The van der Waals surface area contributed by atoms with Gasteiger partial charge >= 0.3 is 6.18 Å². The van der Waals surface area contributed by atoms with Crippen LogP contribution in [0.5, 0.6) is 0 Å². The second kappa shape index (κ2) is 4.81. The number of alkyl halides is 3. The summed E-state index contributed by atoms with van der Waals surface area (Å²) in [7, 11) is 0. The summed E-state index contributed by atoms with van der Waals surface area (Å²) in [5, 5.41) is 2.26. The van der Waals surface area contributed by atoms with Crippen LogP contribution in [-0.4, -0.2) is 29.1 Å². The fourth-order valence-corrected chi connectivity index (χ4v) is 2.64. The van der Waals surface area contributed by atoms with E-state index in [1.165, 1.54) is 11.3 Å². The molecule has 1 unspecified atom stereocenters. The number of nitrogens with two attached hydrogens (primary N) is 1. The number of aromatic nitrogens is 1. The molecular formula is C10H14F3N3S. The van der Waals surface area contributed by atoms with Gasteiger partial charge in [0.05, 0.1) is 11.6 Å². The van der Waals surface area contributed by atoms with E-state index < -0.39 is 12.1 Å². The highest BCUT2D eigenvalue weighted by Gasteiger charge is 2.41. The molecule has 1 atom stereocenters. The van der Waals surface area contributed by atoms with Crippen molar-refractivity contribution in [3.8, 4) is 0 Å². The van der Waals surface area contributed by atoms with Gasteiger partial charge in [0.1, 0.15) is 0 Å². The number of rotatable bonds is 2. The van der Waals surface area contributed by atoms with Crippen molar-refractivity contribution in [3.05, 3.63) is 11.1 Å². The Morgan fingerprint density at radius 2 is 2.29 bits per heavy atom. The van der Waals surface area contributed by atoms with Gasteiger partial charge in [-0.05, 0) is 19.4 Å². The van der Waals surface area contributed by atoms with Gasteiger partial charge in [-0.2, -0.15) is 13.2 Å². The summed E-state index contributed by atoms with van der Waals surface area (Å²) in [5.41, 5.74) is 6.25. The minimum absolute atomic E-state index is 0.0704. The van der Waals surface area contributed by atoms with E-state index in [0.29, 0.717) is 24.6 Å². The van der Waals surface area contributed by atoms with Crippen LogP contribution in [0.2, 0.25) is 0 Å². The maximum Gasteiger partial charge on any atom is 0.393 e. The molecule has 0 aromatic carbocycles. The molecule has 1 aliphatic rings. The summed E-state index contributed by atoms with van der Waals surface area (Å²) < 4.78 is 37.8. The third-order valence-corrected chi connectivity index (χ3v) is 3.65. The summed E-state index contributed by atoms with van der Waals surface area (Å²) in [6, 6.07) is 0. The molecule has 2 rings (SSSR count). The highest BCUT2D eigenvalue weighted by atomic mass is 32.1. The zero-order chi connectivity index (χ0) is 12.5. The van der Waals surface area contributed by atoms with Crippen LogP contribution in [0.4, 0.5) is 18.3 Å². The van der Waals surface area contributed by atoms with Crippen LogP contribution in [0, 0.1) is 5.92 Å². The molecule has 0 amide bonds. The molecule has 2 N–H and O–H groups in total. The largest absolute Gasteiger partial charge is 0.393 e. The summed E-state index contributed by atoms with van der Waals surface area (Å²) in [6.07, 6.45) is -3.26. The van der Waals surface area contributed by atoms with E-state index in [-0.39, 0.29) is 13.0 Å². The van der Waals surface area contributed by atoms with E-state index in [0.717, 1.165) is 5.69 Å². The lowest BCUT2D eigenvalue weighted by molar-refractivity contribution is -0.187. The van der Waals surface area contributed by atoms with Gasteiger partial charge in [0.15, 0.2) is 5.13 Å². The highest BCUT2D eigenvalue weighted by molar-refractivity contribution is 7.13. The Bertz CT molecular complexity index is 377. The standard InChI is InChI=1S/C10H14F3N3S/c11-10(12,13)7-2-1-3-16(4-7)5-8-6-17-9(14)15-8/h6-7H,1-5H2,(H2,14,15). The van der Waals surface area contributed by atoms with Crippen LogP contribution in [0.1, 0.15) is 18.5 Å². The summed E-state index contributed by atoms with van der Waals surface area (Å²) in [6.45, 7) is 1.23. The molecule has 2 heterocycles. The molecule has 0 spiro atoms.